The van der Waals surface area contributed by atoms with Crippen LogP contribution in [-0.4, -0.2) is 18.2 Å². The van der Waals surface area contributed by atoms with Crippen LogP contribution in [0.3, 0.4) is 0 Å². The number of anilines is 1. The fraction of sp³-hybridized carbons (Fsp3) is 0.429. The van der Waals surface area contributed by atoms with Gasteiger partial charge in [0.2, 0.25) is 0 Å². The van der Waals surface area contributed by atoms with E-state index in [0.717, 1.165) is 29.5 Å². The van der Waals surface area contributed by atoms with Crippen LogP contribution in [0.1, 0.15) is 31.9 Å². The first-order chi connectivity index (χ1) is 8.08. The Morgan fingerprint density at radius 3 is 2.71 bits per heavy atom. The number of nitrogens with zero attached hydrogens (tertiary/aromatic N) is 1. The molecule has 17 heavy (non-hydrogen) atoms. The van der Waals surface area contributed by atoms with Crippen molar-refractivity contribution in [3.8, 4) is 0 Å². The number of aliphatic hydroxyl groups is 1. The van der Waals surface area contributed by atoms with E-state index in [2.05, 4.69) is 46.0 Å². The topological polar surface area (TPSA) is 23.5 Å². The lowest BCUT2D eigenvalue weighted by Crippen LogP contribution is -2.28. The minimum atomic E-state index is -0.429. The largest absolute Gasteiger partial charge is 0.389 e. The van der Waals surface area contributed by atoms with Crippen molar-refractivity contribution in [1.82, 2.24) is 0 Å². The molecule has 0 radical (unpaired) electrons. The second-order valence-corrected chi connectivity index (χ2v) is 5.48. The maximum atomic E-state index is 9.59. The summed E-state index contributed by atoms with van der Waals surface area (Å²) in [6.07, 6.45) is 2.98. The van der Waals surface area contributed by atoms with Crippen molar-refractivity contribution in [2.75, 3.05) is 18.0 Å². The number of aliphatic hydroxyl groups excluding tert-OH is 1. The van der Waals surface area contributed by atoms with Crippen LogP contribution in [0.4, 0.5) is 5.69 Å². The summed E-state index contributed by atoms with van der Waals surface area (Å²) in [5, 5.41) is 9.59. The highest BCUT2D eigenvalue weighted by Crippen LogP contribution is 2.29. The summed E-state index contributed by atoms with van der Waals surface area (Å²) in [6.45, 7) is 6.02. The van der Waals surface area contributed by atoms with Crippen molar-refractivity contribution in [2.45, 2.75) is 26.4 Å². The SMILES string of the molecule is CC1=CCN(c2ccc([C@H](C)O)c(Br)c2)CC1. The van der Waals surface area contributed by atoms with Crippen LogP contribution in [0.2, 0.25) is 0 Å². The molecule has 1 aromatic carbocycles. The van der Waals surface area contributed by atoms with Gasteiger partial charge in [0, 0.05) is 23.2 Å². The molecular formula is C14H18BrNO. The van der Waals surface area contributed by atoms with E-state index < -0.39 is 6.10 Å². The first kappa shape index (κ1) is 12.7. The molecule has 92 valence electrons. The quantitative estimate of drug-likeness (QED) is 0.842. The third-order valence-corrected chi connectivity index (χ3v) is 3.92. The van der Waals surface area contributed by atoms with Crippen LogP contribution in [0.15, 0.2) is 34.3 Å². The van der Waals surface area contributed by atoms with Gasteiger partial charge >= 0.3 is 0 Å². The van der Waals surface area contributed by atoms with E-state index in [4.69, 9.17) is 0 Å². The minimum absolute atomic E-state index is 0.429. The van der Waals surface area contributed by atoms with Gasteiger partial charge < -0.3 is 10.0 Å². The van der Waals surface area contributed by atoms with Crippen LogP contribution in [0.5, 0.6) is 0 Å². The van der Waals surface area contributed by atoms with Gasteiger partial charge in [0.1, 0.15) is 0 Å². The molecule has 1 atom stereocenters. The standard InChI is InChI=1S/C14H18BrNO/c1-10-5-7-16(8-6-10)12-3-4-13(11(2)17)14(15)9-12/h3-5,9,11,17H,6-8H2,1-2H3/t11-/m0/s1. The molecule has 0 saturated heterocycles. The Bertz CT molecular complexity index is 440. The van der Waals surface area contributed by atoms with Gasteiger partial charge in [0.15, 0.2) is 0 Å². The van der Waals surface area contributed by atoms with Gasteiger partial charge in [-0.3, -0.25) is 0 Å². The minimum Gasteiger partial charge on any atom is -0.389 e. The van der Waals surface area contributed by atoms with Gasteiger partial charge in [-0.05, 0) is 38.0 Å². The third kappa shape index (κ3) is 2.90. The average Bonchev–Trinajstić information content (AvgIpc) is 2.29. The molecule has 1 heterocycles. The van der Waals surface area contributed by atoms with E-state index >= 15 is 0 Å². The van der Waals surface area contributed by atoms with Crippen LogP contribution in [0, 0.1) is 0 Å². The van der Waals surface area contributed by atoms with Crippen molar-refractivity contribution in [1.29, 1.82) is 0 Å². The Labute approximate surface area is 111 Å². The highest BCUT2D eigenvalue weighted by Gasteiger charge is 2.12. The van der Waals surface area contributed by atoms with Gasteiger partial charge in [-0.25, -0.2) is 0 Å². The average molecular weight is 296 g/mol. The number of rotatable bonds is 2. The molecule has 1 aliphatic rings. The predicted octanol–water partition coefficient (Wildman–Crippen LogP) is 3.66. The molecule has 1 aromatic rings. The molecule has 0 amide bonds. The molecular weight excluding hydrogens is 278 g/mol. The molecule has 0 aromatic heterocycles. The Morgan fingerprint density at radius 1 is 1.41 bits per heavy atom. The lowest BCUT2D eigenvalue weighted by Gasteiger charge is -2.28. The smallest absolute Gasteiger partial charge is 0.0772 e. The maximum absolute atomic E-state index is 9.59. The summed E-state index contributed by atoms with van der Waals surface area (Å²) in [4.78, 5) is 2.35. The third-order valence-electron chi connectivity index (χ3n) is 3.24. The molecule has 0 unspecified atom stereocenters. The summed E-state index contributed by atoms with van der Waals surface area (Å²) in [5.74, 6) is 0. The van der Waals surface area contributed by atoms with Gasteiger partial charge in [-0.1, -0.05) is 33.6 Å². The molecule has 3 heteroatoms. The lowest BCUT2D eigenvalue weighted by atomic mass is 10.1. The van der Waals surface area contributed by atoms with E-state index in [-0.39, 0.29) is 0 Å². The Morgan fingerprint density at radius 2 is 2.18 bits per heavy atom. The highest BCUT2D eigenvalue weighted by atomic mass is 79.9. The summed E-state index contributed by atoms with van der Waals surface area (Å²) in [6, 6.07) is 6.17. The molecule has 0 bridgehead atoms. The van der Waals surface area contributed by atoms with Crippen LogP contribution in [0.25, 0.3) is 0 Å². The van der Waals surface area contributed by atoms with Crippen molar-refractivity contribution < 1.29 is 5.11 Å². The molecule has 0 fully saturated rings. The van der Waals surface area contributed by atoms with E-state index in [1.54, 1.807) is 6.92 Å². The van der Waals surface area contributed by atoms with E-state index in [1.807, 2.05) is 6.07 Å². The zero-order valence-electron chi connectivity index (χ0n) is 10.3. The number of halogens is 1. The number of hydrogen-bond donors (Lipinski definition) is 1. The molecule has 1 aliphatic heterocycles. The maximum Gasteiger partial charge on any atom is 0.0772 e. The second kappa shape index (κ2) is 5.23. The Kier molecular flexibility index (Phi) is 3.89. The fourth-order valence-corrected chi connectivity index (χ4v) is 2.75. The molecule has 2 rings (SSSR count). The van der Waals surface area contributed by atoms with Crippen molar-refractivity contribution in [3.63, 3.8) is 0 Å². The first-order valence-electron chi connectivity index (χ1n) is 5.96. The van der Waals surface area contributed by atoms with Crippen LogP contribution >= 0.6 is 15.9 Å². The number of benzene rings is 1. The van der Waals surface area contributed by atoms with Crippen molar-refractivity contribution >= 4 is 21.6 Å². The zero-order valence-corrected chi connectivity index (χ0v) is 11.9. The molecule has 0 aliphatic carbocycles. The van der Waals surface area contributed by atoms with E-state index in [9.17, 15) is 5.11 Å². The van der Waals surface area contributed by atoms with E-state index in [0.29, 0.717) is 0 Å². The van der Waals surface area contributed by atoms with Crippen LogP contribution in [-0.2, 0) is 0 Å². The predicted molar refractivity (Wildman–Crippen MR) is 75.4 cm³/mol. The summed E-state index contributed by atoms with van der Waals surface area (Å²) < 4.78 is 0.983. The summed E-state index contributed by atoms with van der Waals surface area (Å²) in [7, 11) is 0. The molecule has 0 spiro atoms. The molecule has 1 N–H and O–H groups in total. The summed E-state index contributed by atoms with van der Waals surface area (Å²) in [5.41, 5.74) is 3.63. The Hall–Kier alpha value is -0.800. The van der Waals surface area contributed by atoms with Gasteiger partial charge in [-0.15, -0.1) is 0 Å². The zero-order chi connectivity index (χ0) is 12.4. The first-order valence-corrected chi connectivity index (χ1v) is 6.75. The summed E-state index contributed by atoms with van der Waals surface area (Å²) >= 11 is 3.52. The molecule has 2 nitrogen and oxygen atoms in total. The lowest BCUT2D eigenvalue weighted by molar-refractivity contribution is 0.198. The highest BCUT2D eigenvalue weighted by molar-refractivity contribution is 9.10. The second-order valence-electron chi connectivity index (χ2n) is 4.63. The fourth-order valence-electron chi connectivity index (χ4n) is 2.06. The van der Waals surface area contributed by atoms with Gasteiger partial charge in [-0.2, -0.15) is 0 Å². The normalized spacial score (nSPS) is 17.9. The molecule has 0 saturated carbocycles. The monoisotopic (exact) mass is 295 g/mol. The Balaban J connectivity index is 2.20. The van der Waals surface area contributed by atoms with Crippen LogP contribution < -0.4 is 4.90 Å². The van der Waals surface area contributed by atoms with Crippen molar-refractivity contribution in [2.24, 2.45) is 0 Å². The van der Waals surface area contributed by atoms with Crippen molar-refractivity contribution in [3.05, 3.63) is 39.9 Å². The number of hydrogen-bond acceptors (Lipinski definition) is 2. The van der Waals surface area contributed by atoms with Gasteiger partial charge in [0.25, 0.3) is 0 Å². The van der Waals surface area contributed by atoms with E-state index in [1.165, 1.54) is 11.3 Å². The van der Waals surface area contributed by atoms with Gasteiger partial charge in [0.05, 0.1) is 6.10 Å².